The Bertz CT molecular complexity index is 517. The van der Waals surface area contributed by atoms with E-state index in [1.807, 2.05) is 0 Å². The molecule has 21 heavy (non-hydrogen) atoms. The molecule has 0 unspecified atom stereocenters. The molecule has 1 aromatic carbocycles. The molecular formula is C17H27N3S. The fourth-order valence-electron chi connectivity index (χ4n) is 2.78. The van der Waals surface area contributed by atoms with Gasteiger partial charge >= 0.3 is 0 Å². The summed E-state index contributed by atoms with van der Waals surface area (Å²) in [6.07, 6.45) is 0. The zero-order valence-electron chi connectivity index (χ0n) is 13.6. The van der Waals surface area contributed by atoms with Crippen LogP contribution in [-0.4, -0.2) is 46.5 Å². The topological polar surface area (TPSA) is 32.5 Å². The Kier molecular flexibility index (Phi) is 5.02. The van der Waals surface area contributed by atoms with Crippen LogP contribution in [0.3, 0.4) is 0 Å². The van der Waals surface area contributed by atoms with Crippen molar-refractivity contribution in [2.75, 3.05) is 26.2 Å². The van der Waals surface area contributed by atoms with Gasteiger partial charge in [0.25, 0.3) is 0 Å². The van der Waals surface area contributed by atoms with Gasteiger partial charge in [0.05, 0.1) is 10.5 Å². The summed E-state index contributed by atoms with van der Waals surface area (Å²) in [5.41, 5.74) is 9.83. The van der Waals surface area contributed by atoms with Crippen molar-refractivity contribution in [3.8, 4) is 0 Å². The normalized spacial score (nSPS) is 17.9. The van der Waals surface area contributed by atoms with Crippen molar-refractivity contribution in [3.63, 3.8) is 0 Å². The fourth-order valence-corrected chi connectivity index (χ4v) is 2.91. The minimum Gasteiger partial charge on any atom is -0.392 e. The van der Waals surface area contributed by atoms with Crippen molar-refractivity contribution in [2.45, 2.75) is 39.8 Å². The highest BCUT2D eigenvalue weighted by Crippen LogP contribution is 2.19. The highest BCUT2D eigenvalue weighted by atomic mass is 32.1. The van der Waals surface area contributed by atoms with Gasteiger partial charge in [-0.25, -0.2) is 0 Å². The zero-order valence-corrected chi connectivity index (χ0v) is 14.5. The molecule has 4 heteroatoms. The molecule has 116 valence electrons. The van der Waals surface area contributed by atoms with Gasteiger partial charge in [-0.15, -0.1) is 0 Å². The second-order valence-corrected chi connectivity index (χ2v) is 7.04. The molecule has 1 aliphatic heterocycles. The molecule has 3 nitrogen and oxygen atoms in total. The van der Waals surface area contributed by atoms with E-state index in [0.717, 1.165) is 32.7 Å². The van der Waals surface area contributed by atoms with Crippen molar-refractivity contribution in [1.29, 1.82) is 0 Å². The Hall–Kier alpha value is -0.970. The van der Waals surface area contributed by atoms with E-state index in [2.05, 4.69) is 55.7 Å². The molecule has 1 fully saturated rings. The predicted octanol–water partition coefficient (Wildman–Crippen LogP) is 2.49. The highest BCUT2D eigenvalue weighted by molar-refractivity contribution is 7.80. The largest absolute Gasteiger partial charge is 0.392 e. The SMILES string of the molecule is Cc1ccc(CN2CCN(C(C)(C)C(N)=S)CC2)cc1C. The molecule has 0 atom stereocenters. The molecule has 0 bridgehead atoms. The number of aryl methyl sites for hydroxylation is 2. The van der Waals surface area contributed by atoms with E-state index < -0.39 is 0 Å². The molecule has 0 spiro atoms. The highest BCUT2D eigenvalue weighted by Gasteiger charge is 2.32. The number of benzene rings is 1. The van der Waals surface area contributed by atoms with Crippen LogP contribution in [0.15, 0.2) is 18.2 Å². The summed E-state index contributed by atoms with van der Waals surface area (Å²) in [5, 5.41) is 0. The summed E-state index contributed by atoms with van der Waals surface area (Å²) < 4.78 is 0. The molecule has 1 heterocycles. The van der Waals surface area contributed by atoms with Crippen molar-refractivity contribution in [2.24, 2.45) is 5.73 Å². The Morgan fingerprint density at radius 3 is 2.29 bits per heavy atom. The average molecular weight is 305 g/mol. The van der Waals surface area contributed by atoms with Gasteiger partial charge in [-0.2, -0.15) is 0 Å². The van der Waals surface area contributed by atoms with Gasteiger partial charge in [-0.1, -0.05) is 30.4 Å². The van der Waals surface area contributed by atoms with Crippen LogP contribution in [0.1, 0.15) is 30.5 Å². The molecule has 1 saturated heterocycles. The number of hydrogen-bond acceptors (Lipinski definition) is 3. The first kappa shape index (κ1) is 16.4. The van der Waals surface area contributed by atoms with Gasteiger partial charge < -0.3 is 5.73 Å². The Morgan fingerprint density at radius 2 is 1.76 bits per heavy atom. The van der Waals surface area contributed by atoms with Crippen LogP contribution in [-0.2, 0) is 6.54 Å². The molecular weight excluding hydrogens is 278 g/mol. The van der Waals surface area contributed by atoms with E-state index in [-0.39, 0.29) is 5.54 Å². The monoisotopic (exact) mass is 305 g/mol. The lowest BCUT2D eigenvalue weighted by molar-refractivity contribution is 0.0821. The van der Waals surface area contributed by atoms with Crippen LogP contribution in [0.25, 0.3) is 0 Å². The van der Waals surface area contributed by atoms with Gasteiger partial charge in [0.15, 0.2) is 0 Å². The van der Waals surface area contributed by atoms with Crippen LogP contribution in [0.2, 0.25) is 0 Å². The number of nitrogens with zero attached hydrogens (tertiary/aromatic N) is 2. The maximum atomic E-state index is 5.87. The van der Waals surface area contributed by atoms with Gasteiger partial charge in [0, 0.05) is 32.7 Å². The summed E-state index contributed by atoms with van der Waals surface area (Å²) in [6.45, 7) is 13.8. The lowest BCUT2D eigenvalue weighted by atomic mass is 10.0. The number of nitrogens with two attached hydrogens (primary N) is 1. The van der Waals surface area contributed by atoms with Crippen LogP contribution >= 0.6 is 12.2 Å². The van der Waals surface area contributed by atoms with E-state index in [0.29, 0.717) is 4.99 Å². The maximum absolute atomic E-state index is 5.87. The third-order valence-corrected chi connectivity index (χ3v) is 5.24. The minimum atomic E-state index is -0.179. The summed E-state index contributed by atoms with van der Waals surface area (Å²) in [6, 6.07) is 6.77. The number of thiocarbonyl (C=S) groups is 1. The van der Waals surface area contributed by atoms with Gasteiger partial charge in [0.1, 0.15) is 0 Å². The molecule has 1 aliphatic rings. The third-order valence-electron chi connectivity index (χ3n) is 4.74. The predicted molar refractivity (Wildman–Crippen MR) is 93.6 cm³/mol. The standard InChI is InChI=1S/C17H27N3S/c1-13-5-6-15(11-14(13)2)12-19-7-9-20(10-8-19)17(3,4)16(18)21/h5-6,11H,7-10,12H2,1-4H3,(H2,18,21). The molecule has 2 rings (SSSR count). The smallest absolute Gasteiger partial charge is 0.0928 e. The van der Waals surface area contributed by atoms with E-state index in [1.165, 1.54) is 16.7 Å². The van der Waals surface area contributed by atoms with E-state index in [9.17, 15) is 0 Å². The van der Waals surface area contributed by atoms with Gasteiger partial charge in [-0.05, 0) is 44.4 Å². The first-order chi connectivity index (χ1) is 9.80. The molecule has 0 radical (unpaired) electrons. The first-order valence-corrected chi connectivity index (χ1v) is 8.05. The number of rotatable bonds is 4. The van der Waals surface area contributed by atoms with Gasteiger partial charge in [0.2, 0.25) is 0 Å². The average Bonchev–Trinajstić information content (AvgIpc) is 2.43. The first-order valence-electron chi connectivity index (χ1n) is 7.64. The lowest BCUT2D eigenvalue weighted by Crippen LogP contribution is -2.59. The summed E-state index contributed by atoms with van der Waals surface area (Å²) in [7, 11) is 0. The van der Waals surface area contributed by atoms with Crippen molar-refractivity contribution in [1.82, 2.24) is 9.80 Å². The van der Waals surface area contributed by atoms with Crippen LogP contribution in [0.4, 0.5) is 0 Å². The lowest BCUT2D eigenvalue weighted by Gasteiger charge is -2.43. The number of piperazine rings is 1. The molecule has 0 saturated carbocycles. The van der Waals surface area contributed by atoms with E-state index >= 15 is 0 Å². The van der Waals surface area contributed by atoms with Crippen molar-refractivity contribution in [3.05, 3.63) is 34.9 Å². The zero-order chi connectivity index (χ0) is 15.6. The van der Waals surface area contributed by atoms with Gasteiger partial charge in [-0.3, -0.25) is 9.80 Å². The quantitative estimate of drug-likeness (QED) is 0.866. The number of hydrogen-bond donors (Lipinski definition) is 1. The third kappa shape index (κ3) is 3.82. The minimum absolute atomic E-state index is 0.179. The Labute approximate surface area is 134 Å². The maximum Gasteiger partial charge on any atom is 0.0928 e. The molecule has 0 amide bonds. The summed E-state index contributed by atoms with van der Waals surface area (Å²) >= 11 is 5.20. The summed E-state index contributed by atoms with van der Waals surface area (Å²) in [5.74, 6) is 0. The second-order valence-electron chi connectivity index (χ2n) is 6.61. The van der Waals surface area contributed by atoms with Crippen LogP contribution in [0, 0.1) is 13.8 Å². The molecule has 2 N–H and O–H groups in total. The van der Waals surface area contributed by atoms with Crippen LogP contribution < -0.4 is 5.73 Å². The summed E-state index contributed by atoms with van der Waals surface area (Å²) in [4.78, 5) is 5.49. The van der Waals surface area contributed by atoms with E-state index in [4.69, 9.17) is 18.0 Å². The van der Waals surface area contributed by atoms with Crippen molar-refractivity contribution < 1.29 is 0 Å². The van der Waals surface area contributed by atoms with Crippen molar-refractivity contribution >= 4 is 17.2 Å². The Morgan fingerprint density at radius 1 is 1.14 bits per heavy atom. The second kappa shape index (κ2) is 6.42. The van der Waals surface area contributed by atoms with Crippen LogP contribution in [0.5, 0.6) is 0 Å². The molecule has 1 aromatic rings. The fraction of sp³-hybridized carbons (Fsp3) is 0.588. The van der Waals surface area contributed by atoms with E-state index in [1.54, 1.807) is 0 Å². The Balaban J connectivity index is 1.92. The molecule has 0 aliphatic carbocycles. The molecule has 0 aromatic heterocycles.